The molecule has 1 N–H and O–H groups in total. The van der Waals surface area contributed by atoms with Crippen LogP contribution in [0.15, 0.2) is 0 Å². The zero-order valence-electron chi connectivity index (χ0n) is 10.8. The lowest BCUT2D eigenvalue weighted by Gasteiger charge is -2.48. The van der Waals surface area contributed by atoms with Gasteiger partial charge in [-0.15, -0.1) is 0 Å². The fourth-order valence-electron chi connectivity index (χ4n) is 1.84. The number of likely N-dealkylation sites (N-methyl/N-ethyl adjacent to an activating group) is 1. The van der Waals surface area contributed by atoms with Gasteiger partial charge in [-0.05, 0) is 20.8 Å². The Morgan fingerprint density at radius 2 is 1.72 bits per heavy atom. The fraction of sp³-hybridized carbons (Fsp3) is 0.818. The molecule has 0 aromatic carbocycles. The molecule has 1 aliphatic rings. The minimum absolute atomic E-state index is 0.748. The average Bonchev–Trinajstić information content (AvgIpc) is 2.08. The first-order valence-corrected chi connectivity index (χ1v) is 5.48. The van der Waals surface area contributed by atoms with E-state index in [9.17, 15) is 18.4 Å². The van der Waals surface area contributed by atoms with E-state index in [1.165, 1.54) is 0 Å². The number of carbonyl (C=O) groups excluding carboxylic acids is 1. The van der Waals surface area contributed by atoms with Gasteiger partial charge in [-0.1, -0.05) is 0 Å². The molecule has 7 heteroatoms. The molecule has 5 nitrogen and oxygen atoms in total. The number of carbonyl (C=O) groups is 2. The molecule has 0 radical (unpaired) electrons. The van der Waals surface area contributed by atoms with Crippen molar-refractivity contribution in [1.29, 1.82) is 0 Å². The summed E-state index contributed by atoms with van der Waals surface area (Å²) >= 11 is 0. The molecule has 1 amide bonds. The van der Waals surface area contributed by atoms with Gasteiger partial charge in [0.15, 0.2) is 5.54 Å². The summed E-state index contributed by atoms with van der Waals surface area (Å²) in [5.74, 6) is -4.49. The van der Waals surface area contributed by atoms with Crippen molar-refractivity contribution in [3.63, 3.8) is 0 Å². The second-order valence-corrected chi connectivity index (χ2v) is 5.59. The van der Waals surface area contributed by atoms with E-state index in [1.54, 1.807) is 20.8 Å². The summed E-state index contributed by atoms with van der Waals surface area (Å²) in [7, 11) is 1.16. The molecule has 0 heterocycles. The van der Waals surface area contributed by atoms with Gasteiger partial charge in [-0.3, -0.25) is 4.90 Å². The maximum absolute atomic E-state index is 12.9. The zero-order valence-corrected chi connectivity index (χ0v) is 10.8. The number of carboxylic acid groups (broad SMARTS) is 1. The Hall–Kier alpha value is -1.40. The molecule has 1 saturated carbocycles. The van der Waals surface area contributed by atoms with E-state index in [-0.39, 0.29) is 0 Å². The van der Waals surface area contributed by atoms with Gasteiger partial charge in [0, 0.05) is 19.9 Å². The lowest BCUT2D eigenvalue weighted by molar-refractivity contribution is -0.195. The number of halogens is 2. The molecule has 1 aliphatic carbocycles. The largest absolute Gasteiger partial charge is 0.479 e. The third-order valence-corrected chi connectivity index (χ3v) is 2.81. The highest BCUT2D eigenvalue weighted by Crippen LogP contribution is 2.49. The molecule has 0 bridgehead atoms. The molecular formula is C11H17F2NO4. The van der Waals surface area contributed by atoms with E-state index in [4.69, 9.17) is 9.84 Å². The van der Waals surface area contributed by atoms with Crippen LogP contribution >= 0.6 is 0 Å². The molecule has 18 heavy (non-hydrogen) atoms. The maximum atomic E-state index is 12.9. The number of hydrogen-bond donors (Lipinski definition) is 1. The molecule has 104 valence electrons. The van der Waals surface area contributed by atoms with Gasteiger partial charge in [0.1, 0.15) is 5.60 Å². The van der Waals surface area contributed by atoms with E-state index in [0.29, 0.717) is 0 Å². The summed E-state index contributed by atoms with van der Waals surface area (Å²) in [6.07, 6.45) is -2.68. The molecule has 0 spiro atoms. The Morgan fingerprint density at radius 1 is 1.28 bits per heavy atom. The normalized spacial score (nSPS) is 20.8. The van der Waals surface area contributed by atoms with Crippen molar-refractivity contribution in [2.24, 2.45) is 0 Å². The number of rotatable bonds is 2. The van der Waals surface area contributed by atoms with E-state index in [2.05, 4.69) is 0 Å². The van der Waals surface area contributed by atoms with Gasteiger partial charge in [-0.25, -0.2) is 18.4 Å². The summed E-state index contributed by atoms with van der Waals surface area (Å²) < 4.78 is 30.8. The van der Waals surface area contributed by atoms with Gasteiger partial charge in [0.2, 0.25) is 0 Å². The Bertz CT molecular complexity index is 368. The van der Waals surface area contributed by atoms with Gasteiger partial charge in [0.25, 0.3) is 5.92 Å². The summed E-state index contributed by atoms with van der Waals surface area (Å²) in [4.78, 5) is 23.6. The second-order valence-electron chi connectivity index (χ2n) is 5.59. The fourth-order valence-corrected chi connectivity index (χ4v) is 1.84. The number of nitrogens with zero attached hydrogens (tertiary/aromatic N) is 1. The Kier molecular flexibility index (Phi) is 3.31. The Labute approximate surface area is 104 Å². The number of carboxylic acids is 1. The predicted molar refractivity (Wildman–Crippen MR) is 58.5 cm³/mol. The average molecular weight is 265 g/mol. The first kappa shape index (κ1) is 14.7. The predicted octanol–water partition coefficient (Wildman–Crippen LogP) is 2.11. The third kappa shape index (κ3) is 2.70. The number of hydrogen-bond acceptors (Lipinski definition) is 3. The SMILES string of the molecule is CN(C(=O)OC(C)(C)C)C1(C(=O)O)CC(F)(F)C1. The van der Waals surface area contributed by atoms with E-state index < -0.39 is 42.0 Å². The van der Waals surface area contributed by atoms with Crippen LogP contribution in [-0.2, 0) is 9.53 Å². The summed E-state index contributed by atoms with van der Waals surface area (Å²) in [5.41, 5.74) is -2.68. The molecular weight excluding hydrogens is 248 g/mol. The van der Waals surface area contributed by atoms with Crippen molar-refractivity contribution in [2.75, 3.05) is 7.05 Å². The zero-order chi connectivity index (χ0) is 14.4. The number of amides is 1. The lowest BCUT2D eigenvalue weighted by Crippen LogP contribution is -2.67. The number of aliphatic carboxylic acids is 1. The van der Waals surface area contributed by atoms with Crippen LogP contribution in [0, 0.1) is 0 Å². The molecule has 1 rings (SSSR count). The highest BCUT2D eigenvalue weighted by Gasteiger charge is 2.65. The summed E-state index contributed by atoms with van der Waals surface area (Å²) in [6, 6.07) is 0. The topological polar surface area (TPSA) is 66.8 Å². The number of alkyl halides is 2. The van der Waals surface area contributed by atoms with Crippen molar-refractivity contribution in [3.8, 4) is 0 Å². The van der Waals surface area contributed by atoms with Crippen LogP contribution in [0.3, 0.4) is 0 Å². The molecule has 0 aliphatic heterocycles. The van der Waals surface area contributed by atoms with Crippen LogP contribution in [0.4, 0.5) is 13.6 Å². The van der Waals surface area contributed by atoms with E-state index in [1.807, 2.05) is 0 Å². The van der Waals surface area contributed by atoms with Crippen molar-refractivity contribution >= 4 is 12.1 Å². The van der Waals surface area contributed by atoms with Crippen LogP contribution in [0.25, 0.3) is 0 Å². The van der Waals surface area contributed by atoms with Crippen LogP contribution in [0.5, 0.6) is 0 Å². The standard InChI is InChI=1S/C11H17F2NO4/c1-9(2,3)18-8(17)14(4)10(7(15)16)5-11(12,13)6-10/h5-6H2,1-4H3,(H,15,16). The summed E-state index contributed by atoms with van der Waals surface area (Å²) in [6.45, 7) is 4.84. The Morgan fingerprint density at radius 3 is 2.00 bits per heavy atom. The molecule has 1 fully saturated rings. The molecule has 0 unspecified atom stereocenters. The Balaban J connectivity index is 2.84. The maximum Gasteiger partial charge on any atom is 0.410 e. The van der Waals surface area contributed by atoms with Gasteiger partial charge >= 0.3 is 12.1 Å². The molecule has 0 atom stereocenters. The minimum Gasteiger partial charge on any atom is -0.479 e. The van der Waals surface area contributed by atoms with Crippen molar-refractivity contribution in [2.45, 2.75) is 50.7 Å². The van der Waals surface area contributed by atoms with Crippen LogP contribution in [-0.4, -0.2) is 46.2 Å². The molecule has 0 aromatic heterocycles. The smallest absolute Gasteiger partial charge is 0.410 e. The lowest BCUT2D eigenvalue weighted by atomic mass is 9.72. The minimum atomic E-state index is -3.05. The van der Waals surface area contributed by atoms with Gasteiger partial charge in [-0.2, -0.15) is 0 Å². The quantitative estimate of drug-likeness (QED) is 0.830. The molecule has 0 aromatic rings. The monoisotopic (exact) mass is 265 g/mol. The van der Waals surface area contributed by atoms with Crippen molar-refractivity contribution in [3.05, 3.63) is 0 Å². The van der Waals surface area contributed by atoms with Crippen LogP contribution in [0.1, 0.15) is 33.6 Å². The van der Waals surface area contributed by atoms with Crippen LogP contribution < -0.4 is 0 Å². The first-order valence-electron chi connectivity index (χ1n) is 5.48. The first-order chi connectivity index (χ1) is 7.90. The van der Waals surface area contributed by atoms with Crippen LogP contribution in [0.2, 0.25) is 0 Å². The van der Waals surface area contributed by atoms with Crippen molar-refractivity contribution < 1.29 is 28.2 Å². The van der Waals surface area contributed by atoms with E-state index >= 15 is 0 Å². The second kappa shape index (κ2) is 4.07. The molecule has 0 saturated heterocycles. The van der Waals surface area contributed by atoms with E-state index in [0.717, 1.165) is 11.9 Å². The summed E-state index contributed by atoms with van der Waals surface area (Å²) in [5, 5.41) is 9.05. The van der Waals surface area contributed by atoms with Gasteiger partial charge < -0.3 is 9.84 Å². The number of ether oxygens (including phenoxy) is 1. The van der Waals surface area contributed by atoms with Crippen molar-refractivity contribution in [1.82, 2.24) is 4.90 Å². The highest BCUT2D eigenvalue weighted by molar-refractivity contribution is 5.86. The third-order valence-electron chi connectivity index (χ3n) is 2.81. The van der Waals surface area contributed by atoms with Gasteiger partial charge in [0.05, 0.1) is 0 Å². The highest BCUT2D eigenvalue weighted by atomic mass is 19.3.